The molecule has 2 saturated heterocycles. The van der Waals surface area contributed by atoms with Gasteiger partial charge in [0.15, 0.2) is 0 Å². The van der Waals surface area contributed by atoms with Crippen molar-refractivity contribution in [3.63, 3.8) is 0 Å². The number of anilines is 1. The topological polar surface area (TPSA) is 15.7 Å². The summed E-state index contributed by atoms with van der Waals surface area (Å²) in [5.74, 6) is -0.0891. The van der Waals surface area contributed by atoms with Gasteiger partial charge in [-0.15, -0.1) is 0 Å². The van der Waals surface area contributed by atoms with Crippen LogP contribution in [0.2, 0.25) is 0 Å². The lowest BCUT2D eigenvalue weighted by Crippen LogP contribution is -2.58. The van der Waals surface area contributed by atoms with Crippen molar-refractivity contribution < 1.29 is 9.13 Å². The first-order chi connectivity index (χ1) is 9.69. The van der Waals surface area contributed by atoms with Gasteiger partial charge in [0.25, 0.3) is 0 Å². The minimum atomic E-state index is -0.0891. The Morgan fingerprint density at radius 1 is 1.35 bits per heavy atom. The highest BCUT2D eigenvalue weighted by atomic mass is 19.1. The first-order valence-electron chi connectivity index (χ1n) is 7.54. The molecule has 1 aromatic carbocycles. The number of benzene rings is 1. The maximum Gasteiger partial charge on any atom is 0.128 e. The molecule has 4 heteroatoms. The second-order valence-corrected chi connectivity index (χ2v) is 5.82. The number of ether oxygens (including phenoxy) is 1. The normalized spacial score (nSPS) is 27.4. The monoisotopic (exact) mass is 278 g/mol. The summed E-state index contributed by atoms with van der Waals surface area (Å²) in [7, 11) is 2.17. The van der Waals surface area contributed by atoms with Crippen molar-refractivity contribution in [2.45, 2.75) is 31.9 Å². The molecular formula is C16H23FN2O. The average molecular weight is 278 g/mol. The highest BCUT2D eigenvalue weighted by Gasteiger charge is 2.35. The molecule has 3 rings (SSSR count). The van der Waals surface area contributed by atoms with Crippen LogP contribution in [0.5, 0.6) is 0 Å². The van der Waals surface area contributed by atoms with E-state index in [2.05, 4.69) is 16.8 Å². The number of fused-ring (bicyclic) bond motifs is 1. The lowest BCUT2D eigenvalue weighted by atomic mass is 9.98. The number of morpholine rings is 1. The second kappa shape index (κ2) is 5.70. The molecule has 2 aliphatic heterocycles. The molecule has 0 aromatic heterocycles. The number of rotatable bonds is 2. The van der Waals surface area contributed by atoms with Gasteiger partial charge in [0.05, 0.1) is 12.7 Å². The average Bonchev–Trinajstić information content (AvgIpc) is 2.47. The zero-order valence-electron chi connectivity index (χ0n) is 12.3. The van der Waals surface area contributed by atoms with Gasteiger partial charge in [-0.25, -0.2) is 4.39 Å². The van der Waals surface area contributed by atoms with Gasteiger partial charge in [0.1, 0.15) is 5.82 Å². The first-order valence-corrected chi connectivity index (χ1v) is 7.54. The van der Waals surface area contributed by atoms with Crippen LogP contribution in [0, 0.1) is 5.82 Å². The first kappa shape index (κ1) is 13.8. The molecule has 2 heterocycles. The van der Waals surface area contributed by atoms with Crippen LogP contribution < -0.4 is 4.90 Å². The van der Waals surface area contributed by atoms with Crippen LogP contribution >= 0.6 is 0 Å². The van der Waals surface area contributed by atoms with E-state index in [1.807, 2.05) is 19.1 Å². The Hall–Kier alpha value is -1.13. The van der Waals surface area contributed by atoms with Crippen LogP contribution in [0.1, 0.15) is 18.9 Å². The van der Waals surface area contributed by atoms with E-state index >= 15 is 0 Å². The summed E-state index contributed by atoms with van der Waals surface area (Å²) in [6, 6.07) is 6.13. The third-order valence-electron chi connectivity index (χ3n) is 4.65. The Kier molecular flexibility index (Phi) is 3.94. The fourth-order valence-corrected chi connectivity index (χ4v) is 3.34. The second-order valence-electron chi connectivity index (χ2n) is 5.82. The highest BCUT2D eigenvalue weighted by Crippen LogP contribution is 2.27. The number of aryl methyl sites for hydroxylation is 1. The molecule has 110 valence electrons. The summed E-state index contributed by atoms with van der Waals surface area (Å²) in [5.41, 5.74) is 1.77. The summed E-state index contributed by atoms with van der Waals surface area (Å²) >= 11 is 0. The van der Waals surface area contributed by atoms with Crippen molar-refractivity contribution >= 4 is 5.69 Å². The Morgan fingerprint density at radius 3 is 2.95 bits per heavy atom. The van der Waals surface area contributed by atoms with Crippen LogP contribution in [-0.2, 0) is 11.2 Å². The van der Waals surface area contributed by atoms with E-state index in [1.165, 1.54) is 0 Å². The highest BCUT2D eigenvalue weighted by molar-refractivity contribution is 5.49. The number of nitrogens with zero attached hydrogens (tertiary/aromatic N) is 2. The minimum Gasteiger partial charge on any atom is -0.373 e. The van der Waals surface area contributed by atoms with Gasteiger partial charge in [0.2, 0.25) is 0 Å². The molecule has 0 amide bonds. The molecule has 0 radical (unpaired) electrons. The summed E-state index contributed by atoms with van der Waals surface area (Å²) in [6.45, 7) is 5.63. The summed E-state index contributed by atoms with van der Waals surface area (Å²) in [6.07, 6.45) is 2.07. The number of piperidine rings is 1. The third-order valence-corrected chi connectivity index (χ3v) is 4.65. The van der Waals surface area contributed by atoms with Crippen LogP contribution in [0.4, 0.5) is 10.1 Å². The number of likely N-dealkylation sites (N-methyl/N-ethyl adjacent to an activating group) is 1. The van der Waals surface area contributed by atoms with E-state index in [-0.39, 0.29) is 11.9 Å². The van der Waals surface area contributed by atoms with Crippen LogP contribution in [-0.4, -0.2) is 50.3 Å². The molecule has 0 N–H and O–H groups in total. The van der Waals surface area contributed by atoms with E-state index in [9.17, 15) is 4.39 Å². The SMILES string of the molecule is CCc1ccc(N2CC[C@H]3[C@H](C2)OCCN3C)cc1F. The summed E-state index contributed by atoms with van der Waals surface area (Å²) in [5, 5.41) is 0. The largest absolute Gasteiger partial charge is 0.373 e. The Balaban J connectivity index is 1.74. The molecule has 0 unspecified atom stereocenters. The van der Waals surface area contributed by atoms with E-state index in [0.29, 0.717) is 6.04 Å². The van der Waals surface area contributed by atoms with Gasteiger partial charge in [-0.1, -0.05) is 13.0 Å². The molecule has 2 aliphatic rings. The molecule has 0 saturated carbocycles. The number of hydrogen-bond acceptors (Lipinski definition) is 3. The Labute approximate surface area is 120 Å². The molecule has 0 bridgehead atoms. The zero-order valence-corrected chi connectivity index (χ0v) is 12.3. The third kappa shape index (κ3) is 2.54. The minimum absolute atomic E-state index is 0.0891. The molecule has 2 fully saturated rings. The fraction of sp³-hybridized carbons (Fsp3) is 0.625. The molecule has 1 aromatic rings. The molecule has 0 aliphatic carbocycles. The van der Waals surface area contributed by atoms with E-state index in [1.54, 1.807) is 6.07 Å². The lowest BCUT2D eigenvalue weighted by molar-refractivity contribution is -0.0664. The van der Waals surface area contributed by atoms with Gasteiger partial charge >= 0.3 is 0 Å². The quantitative estimate of drug-likeness (QED) is 0.825. The van der Waals surface area contributed by atoms with E-state index < -0.39 is 0 Å². The molecule has 3 nitrogen and oxygen atoms in total. The van der Waals surface area contributed by atoms with Gasteiger partial charge in [-0.2, -0.15) is 0 Å². The van der Waals surface area contributed by atoms with Gasteiger partial charge in [-0.05, 0) is 37.6 Å². The van der Waals surface area contributed by atoms with Crippen molar-refractivity contribution in [3.05, 3.63) is 29.6 Å². The predicted molar refractivity (Wildman–Crippen MR) is 78.8 cm³/mol. The van der Waals surface area contributed by atoms with Gasteiger partial charge in [-0.3, -0.25) is 4.90 Å². The molecule has 0 spiro atoms. The van der Waals surface area contributed by atoms with Crippen LogP contribution in [0.25, 0.3) is 0 Å². The predicted octanol–water partition coefficient (Wildman–Crippen LogP) is 2.30. The van der Waals surface area contributed by atoms with Crippen LogP contribution in [0.15, 0.2) is 18.2 Å². The maximum absolute atomic E-state index is 13.9. The Morgan fingerprint density at radius 2 is 2.20 bits per heavy atom. The van der Waals surface area contributed by atoms with Gasteiger partial charge in [0, 0.05) is 31.4 Å². The lowest BCUT2D eigenvalue weighted by Gasteiger charge is -2.46. The van der Waals surface area contributed by atoms with Gasteiger partial charge < -0.3 is 9.64 Å². The Bertz CT molecular complexity index is 480. The maximum atomic E-state index is 13.9. The van der Waals surface area contributed by atoms with Crippen LogP contribution in [0.3, 0.4) is 0 Å². The zero-order chi connectivity index (χ0) is 14.1. The molecule has 2 atom stereocenters. The smallest absolute Gasteiger partial charge is 0.128 e. The van der Waals surface area contributed by atoms with E-state index in [4.69, 9.17) is 4.74 Å². The van der Waals surface area contributed by atoms with Crippen molar-refractivity contribution in [2.75, 3.05) is 38.2 Å². The van der Waals surface area contributed by atoms with Crippen molar-refractivity contribution in [3.8, 4) is 0 Å². The van der Waals surface area contributed by atoms with Crippen molar-refractivity contribution in [1.82, 2.24) is 4.90 Å². The fourth-order valence-electron chi connectivity index (χ4n) is 3.34. The van der Waals surface area contributed by atoms with E-state index in [0.717, 1.165) is 50.3 Å². The summed E-state index contributed by atoms with van der Waals surface area (Å²) in [4.78, 5) is 4.65. The number of halogens is 1. The standard InChI is InChI=1S/C16H23FN2O/c1-3-12-4-5-13(10-14(12)17)19-7-6-15-16(11-19)20-9-8-18(15)2/h4-5,10,15-16H,3,6-9,11H2,1-2H3/t15-,16-/m0/s1. The summed E-state index contributed by atoms with van der Waals surface area (Å²) < 4.78 is 19.8. The number of hydrogen-bond donors (Lipinski definition) is 0. The van der Waals surface area contributed by atoms with Crippen molar-refractivity contribution in [1.29, 1.82) is 0 Å². The molecule has 20 heavy (non-hydrogen) atoms. The van der Waals surface area contributed by atoms with Crippen molar-refractivity contribution in [2.24, 2.45) is 0 Å². The molecular weight excluding hydrogens is 255 g/mol.